The fourth-order valence-corrected chi connectivity index (χ4v) is 3.52. The maximum Gasteiger partial charge on any atom is 0.371 e. The van der Waals surface area contributed by atoms with E-state index in [1.54, 1.807) is 0 Å². The second kappa shape index (κ2) is 7.39. The molecule has 0 saturated heterocycles. The second-order valence-electron chi connectivity index (χ2n) is 4.88. The minimum Gasteiger partial charge on any atom is -0.475 e. The first-order valence-corrected chi connectivity index (χ1v) is 8.65. The molecule has 0 saturated carbocycles. The Morgan fingerprint density at radius 3 is 2.62 bits per heavy atom. The Hall–Kier alpha value is -0.900. The van der Waals surface area contributed by atoms with E-state index in [9.17, 15) is 13.2 Å². The molecule has 0 bridgehead atoms. The summed E-state index contributed by atoms with van der Waals surface area (Å²) in [7, 11) is -1.83. The fourth-order valence-electron chi connectivity index (χ4n) is 1.51. The Morgan fingerprint density at radius 2 is 2.14 bits per heavy atom. The molecule has 120 valence electrons. The Balaban J connectivity index is 2.64. The number of rotatable bonds is 8. The van der Waals surface area contributed by atoms with Crippen LogP contribution in [0.4, 0.5) is 0 Å². The Bertz CT molecular complexity index is 597. The van der Waals surface area contributed by atoms with Crippen molar-refractivity contribution in [3.8, 4) is 0 Å². The molecule has 0 aliphatic carbocycles. The highest BCUT2D eigenvalue weighted by molar-refractivity contribution is 9.10. The van der Waals surface area contributed by atoms with Crippen LogP contribution in [0.1, 0.15) is 30.8 Å². The fraction of sp³-hybridized carbons (Fsp3) is 0.583. The van der Waals surface area contributed by atoms with E-state index in [2.05, 4.69) is 39.4 Å². The lowest BCUT2D eigenvalue weighted by Crippen LogP contribution is -2.31. The van der Waals surface area contributed by atoms with Gasteiger partial charge in [0.15, 0.2) is 4.67 Å². The summed E-state index contributed by atoms with van der Waals surface area (Å²) in [6.45, 7) is 5.13. The average molecular weight is 383 g/mol. The molecule has 0 unspecified atom stereocenters. The van der Waals surface area contributed by atoms with Crippen LogP contribution >= 0.6 is 15.9 Å². The number of carboxylic acid groups (broad SMARTS) is 1. The van der Waals surface area contributed by atoms with Crippen LogP contribution < -0.4 is 4.72 Å². The van der Waals surface area contributed by atoms with Gasteiger partial charge in [0.1, 0.15) is 4.90 Å². The first-order valence-electron chi connectivity index (χ1n) is 6.37. The van der Waals surface area contributed by atoms with Crippen LogP contribution in [0.5, 0.6) is 0 Å². The third-order valence-corrected chi connectivity index (χ3v) is 5.33. The van der Waals surface area contributed by atoms with Crippen molar-refractivity contribution in [1.82, 2.24) is 9.62 Å². The zero-order chi connectivity index (χ0) is 16.2. The topological polar surface area (TPSA) is 99.9 Å². The first-order chi connectivity index (χ1) is 9.65. The monoisotopic (exact) mass is 382 g/mol. The lowest BCUT2D eigenvalue weighted by molar-refractivity contribution is 0.0661. The predicted molar refractivity (Wildman–Crippen MR) is 80.9 cm³/mol. The molecule has 0 aliphatic rings. The standard InChI is InChI=1S/C12H19BrN2O5S/c1-8(2)15(3)6-4-5-14-21(18,19)10-7-9(12(16)17)20-11(10)13/h7-8,14H,4-6H2,1-3H3,(H,16,17). The molecular formula is C12H19BrN2O5S. The van der Waals surface area contributed by atoms with Crippen molar-refractivity contribution >= 4 is 31.9 Å². The molecule has 9 heteroatoms. The molecule has 1 heterocycles. The number of nitrogens with zero attached hydrogens (tertiary/aromatic N) is 1. The average Bonchev–Trinajstić information content (AvgIpc) is 2.77. The Morgan fingerprint density at radius 1 is 1.52 bits per heavy atom. The molecule has 1 aromatic heterocycles. The van der Waals surface area contributed by atoms with Crippen molar-refractivity contribution in [2.75, 3.05) is 20.1 Å². The van der Waals surface area contributed by atoms with Crippen molar-refractivity contribution < 1.29 is 22.7 Å². The summed E-state index contributed by atoms with van der Waals surface area (Å²) >= 11 is 2.92. The van der Waals surface area contributed by atoms with Crippen LogP contribution in [-0.4, -0.2) is 50.6 Å². The predicted octanol–water partition coefficient (Wildman–Crippen LogP) is 1.75. The van der Waals surface area contributed by atoms with Gasteiger partial charge < -0.3 is 14.4 Å². The molecule has 2 N–H and O–H groups in total. The molecule has 1 aromatic rings. The van der Waals surface area contributed by atoms with Crippen molar-refractivity contribution in [3.63, 3.8) is 0 Å². The zero-order valence-corrected chi connectivity index (χ0v) is 14.5. The normalized spacial score (nSPS) is 12.3. The van der Waals surface area contributed by atoms with Gasteiger partial charge in [0.05, 0.1) is 0 Å². The molecule has 0 aliphatic heterocycles. The van der Waals surface area contributed by atoms with Crippen molar-refractivity contribution in [2.45, 2.75) is 31.2 Å². The summed E-state index contributed by atoms with van der Waals surface area (Å²) in [5, 5.41) is 8.78. The van der Waals surface area contributed by atoms with Crippen LogP contribution in [0.3, 0.4) is 0 Å². The Labute approximate surface area is 132 Å². The smallest absolute Gasteiger partial charge is 0.371 e. The van der Waals surface area contributed by atoms with E-state index >= 15 is 0 Å². The highest BCUT2D eigenvalue weighted by Crippen LogP contribution is 2.25. The van der Waals surface area contributed by atoms with E-state index in [1.165, 1.54) is 0 Å². The number of hydrogen-bond acceptors (Lipinski definition) is 5. The molecule has 0 aromatic carbocycles. The maximum atomic E-state index is 12.1. The molecule has 0 amide bonds. The summed E-state index contributed by atoms with van der Waals surface area (Å²) in [4.78, 5) is 12.6. The number of aromatic carboxylic acids is 1. The molecule has 0 radical (unpaired) electrons. The molecule has 0 spiro atoms. The zero-order valence-electron chi connectivity index (χ0n) is 12.1. The van der Waals surface area contributed by atoms with E-state index in [1.807, 2.05) is 7.05 Å². The second-order valence-corrected chi connectivity index (χ2v) is 7.34. The molecule has 0 fully saturated rings. The summed E-state index contributed by atoms with van der Waals surface area (Å²) in [6.07, 6.45) is 0.648. The van der Waals surface area contributed by atoms with Crippen molar-refractivity contribution in [2.24, 2.45) is 0 Å². The number of nitrogens with one attached hydrogen (secondary N) is 1. The Kier molecular flexibility index (Phi) is 6.39. The first kappa shape index (κ1) is 18.1. The van der Waals surface area contributed by atoms with E-state index in [0.717, 1.165) is 12.6 Å². The lowest BCUT2D eigenvalue weighted by atomic mass is 10.3. The minimum atomic E-state index is -3.79. The van der Waals surface area contributed by atoms with Gasteiger partial charge in [-0.2, -0.15) is 0 Å². The van der Waals surface area contributed by atoms with Gasteiger partial charge in [-0.1, -0.05) is 0 Å². The lowest BCUT2D eigenvalue weighted by Gasteiger charge is -2.20. The van der Waals surface area contributed by atoms with E-state index in [4.69, 9.17) is 9.52 Å². The van der Waals surface area contributed by atoms with Gasteiger partial charge in [0, 0.05) is 18.7 Å². The van der Waals surface area contributed by atoms with E-state index in [0.29, 0.717) is 12.5 Å². The van der Waals surface area contributed by atoms with Gasteiger partial charge in [-0.25, -0.2) is 17.9 Å². The van der Waals surface area contributed by atoms with Gasteiger partial charge in [0.2, 0.25) is 15.8 Å². The summed E-state index contributed by atoms with van der Waals surface area (Å²) in [6, 6.07) is 1.37. The SMILES string of the molecule is CC(C)N(C)CCCNS(=O)(=O)c1cc(C(=O)O)oc1Br. The van der Waals surface area contributed by atoms with E-state index in [-0.39, 0.29) is 16.1 Å². The number of halogens is 1. The van der Waals surface area contributed by atoms with Crippen LogP contribution in [0.2, 0.25) is 0 Å². The minimum absolute atomic E-state index is 0.119. The highest BCUT2D eigenvalue weighted by atomic mass is 79.9. The summed E-state index contributed by atoms with van der Waals surface area (Å²) in [5.41, 5.74) is 0. The largest absolute Gasteiger partial charge is 0.475 e. The van der Waals surface area contributed by atoms with Gasteiger partial charge in [0.25, 0.3) is 0 Å². The van der Waals surface area contributed by atoms with Gasteiger partial charge in [-0.3, -0.25) is 0 Å². The summed E-state index contributed by atoms with van der Waals surface area (Å²) < 4.78 is 31.3. The number of sulfonamides is 1. The van der Waals surface area contributed by atoms with Crippen LogP contribution in [-0.2, 0) is 10.0 Å². The quantitative estimate of drug-likeness (QED) is 0.664. The molecule has 0 atom stereocenters. The summed E-state index contributed by atoms with van der Waals surface area (Å²) in [5.74, 6) is -1.75. The molecule has 21 heavy (non-hydrogen) atoms. The highest BCUT2D eigenvalue weighted by Gasteiger charge is 2.24. The number of carboxylic acids is 1. The van der Waals surface area contributed by atoms with Crippen molar-refractivity contribution in [3.05, 3.63) is 16.5 Å². The van der Waals surface area contributed by atoms with Crippen molar-refractivity contribution in [1.29, 1.82) is 0 Å². The van der Waals surface area contributed by atoms with Gasteiger partial charge >= 0.3 is 5.97 Å². The van der Waals surface area contributed by atoms with Gasteiger partial charge in [-0.05, 0) is 49.8 Å². The van der Waals surface area contributed by atoms with Crippen LogP contribution in [0.15, 0.2) is 20.0 Å². The molecule has 7 nitrogen and oxygen atoms in total. The third kappa shape index (κ3) is 5.10. The molecule has 1 rings (SSSR count). The van der Waals surface area contributed by atoms with Gasteiger partial charge in [-0.15, -0.1) is 0 Å². The van der Waals surface area contributed by atoms with Crippen LogP contribution in [0.25, 0.3) is 0 Å². The number of hydrogen-bond donors (Lipinski definition) is 2. The third-order valence-electron chi connectivity index (χ3n) is 3.02. The number of furan rings is 1. The maximum absolute atomic E-state index is 12.1. The van der Waals surface area contributed by atoms with E-state index < -0.39 is 21.8 Å². The van der Waals surface area contributed by atoms with Crippen LogP contribution in [0, 0.1) is 0 Å². The number of carbonyl (C=O) groups is 1. The molecular weight excluding hydrogens is 364 g/mol.